The lowest BCUT2D eigenvalue weighted by atomic mass is 9.90. The van der Waals surface area contributed by atoms with Gasteiger partial charge in [-0.1, -0.05) is 159 Å². The molecule has 1 unspecified atom stereocenters. The van der Waals surface area contributed by atoms with Gasteiger partial charge in [0.15, 0.2) is 0 Å². The minimum atomic E-state index is -0.267. The molecule has 8 rings (SSSR count). The van der Waals surface area contributed by atoms with Crippen LogP contribution in [0, 0.1) is 13.8 Å². The number of nitrogens with two attached hydrogens (primary N) is 1. The van der Waals surface area contributed by atoms with Crippen molar-refractivity contribution in [3.05, 3.63) is 246 Å². The first-order valence-electron chi connectivity index (χ1n) is 21.1. The molecule has 3 N–H and O–H groups in total. The first kappa shape index (κ1) is 40.6. The molecule has 300 valence electrons. The smallest absolute Gasteiger partial charge is 0.0558 e. The summed E-state index contributed by atoms with van der Waals surface area (Å²) in [5.74, 6) is 0. The molecule has 0 amide bonds. The summed E-state index contributed by atoms with van der Waals surface area (Å²) in [6, 6.07) is 58.0. The lowest BCUT2D eigenvalue weighted by Gasteiger charge is -2.15. The van der Waals surface area contributed by atoms with Crippen molar-refractivity contribution in [3.8, 4) is 27.9 Å². The summed E-state index contributed by atoms with van der Waals surface area (Å²) in [6.45, 7) is 15.9. The highest BCUT2D eigenvalue weighted by Crippen LogP contribution is 2.40. The fourth-order valence-corrected chi connectivity index (χ4v) is 8.29. The largest absolute Gasteiger partial charge is 0.385 e. The zero-order valence-electron chi connectivity index (χ0n) is 35.4. The maximum atomic E-state index is 7.08. The summed E-state index contributed by atoms with van der Waals surface area (Å²) < 4.78 is 2.37. The van der Waals surface area contributed by atoms with Gasteiger partial charge in [0.25, 0.3) is 0 Å². The third-order valence-electron chi connectivity index (χ3n) is 11.7. The third-order valence-corrected chi connectivity index (χ3v) is 11.7. The van der Waals surface area contributed by atoms with Crippen LogP contribution in [0.25, 0.3) is 55.3 Å². The van der Waals surface area contributed by atoms with Crippen LogP contribution in [0.3, 0.4) is 0 Å². The minimum absolute atomic E-state index is 0.267. The summed E-state index contributed by atoms with van der Waals surface area (Å²) >= 11 is 0. The van der Waals surface area contributed by atoms with Gasteiger partial charge in [0.2, 0.25) is 0 Å². The molecule has 0 saturated carbocycles. The van der Waals surface area contributed by atoms with Gasteiger partial charge in [-0.3, -0.25) is 0 Å². The van der Waals surface area contributed by atoms with Crippen molar-refractivity contribution in [2.45, 2.75) is 33.2 Å². The highest BCUT2D eigenvalue weighted by Gasteiger charge is 2.20. The van der Waals surface area contributed by atoms with Crippen LogP contribution in [0.15, 0.2) is 218 Å². The van der Waals surface area contributed by atoms with E-state index >= 15 is 0 Å². The molecule has 0 spiro atoms. The standard InChI is InChI=1S/C58H53N3/c1-6-44(30-28-41(3)40(2)19-16-17-36-60-49-22-12-8-13-23-49)46-32-34-51(43(5)37-46)53-38-47(31-29-42(53)4)48-33-35-55-54(39-48)57-52(58(59)45-20-10-7-11-21-45)26-18-27-56(57)61(55)50-24-14-9-15-25-50/h6-16,18-35,37-39,58,60H,1-2,17,36,59H2,3-5H3/b19-16-,41-28+,44-30+. The summed E-state index contributed by atoms with van der Waals surface area (Å²) in [6.07, 6.45) is 11.4. The predicted octanol–water partition coefficient (Wildman–Crippen LogP) is 14.9. The Kier molecular flexibility index (Phi) is 12.2. The summed E-state index contributed by atoms with van der Waals surface area (Å²) in [5.41, 5.74) is 25.4. The number of rotatable bonds is 14. The summed E-state index contributed by atoms with van der Waals surface area (Å²) in [5, 5.41) is 5.82. The van der Waals surface area contributed by atoms with Crippen molar-refractivity contribution in [1.82, 2.24) is 4.57 Å². The minimum Gasteiger partial charge on any atom is -0.385 e. The number of aryl methyl sites for hydroxylation is 2. The first-order valence-corrected chi connectivity index (χ1v) is 21.1. The average molecular weight is 792 g/mol. The molecule has 7 aromatic carbocycles. The van der Waals surface area contributed by atoms with E-state index in [2.05, 4.69) is 208 Å². The summed E-state index contributed by atoms with van der Waals surface area (Å²) in [7, 11) is 0. The fraction of sp³-hybridized carbons (Fsp3) is 0.103. The Labute approximate surface area is 361 Å². The van der Waals surface area contributed by atoms with E-state index in [9.17, 15) is 0 Å². The van der Waals surface area contributed by atoms with Gasteiger partial charge in [0.05, 0.1) is 17.1 Å². The molecule has 0 bridgehead atoms. The van der Waals surface area contributed by atoms with Crippen LogP contribution in [-0.2, 0) is 0 Å². The molecule has 0 aliphatic rings. The highest BCUT2D eigenvalue weighted by molar-refractivity contribution is 6.12. The summed E-state index contributed by atoms with van der Waals surface area (Å²) in [4.78, 5) is 0. The van der Waals surface area contributed by atoms with Crippen molar-refractivity contribution in [1.29, 1.82) is 0 Å². The topological polar surface area (TPSA) is 43.0 Å². The number of hydrogen-bond donors (Lipinski definition) is 2. The molecule has 61 heavy (non-hydrogen) atoms. The van der Waals surface area contributed by atoms with Crippen molar-refractivity contribution in [3.63, 3.8) is 0 Å². The Morgan fingerprint density at radius 2 is 1.39 bits per heavy atom. The average Bonchev–Trinajstić information content (AvgIpc) is 3.64. The zero-order valence-corrected chi connectivity index (χ0v) is 35.4. The molecule has 0 fully saturated rings. The number of aromatic nitrogens is 1. The maximum Gasteiger partial charge on any atom is 0.0558 e. The van der Waals surface area contributed by atoms with Crippen molar-refractivity contribution in [2.24, 2.45) is 5.73 Å². The number of anilines is 1. The fourth-order valence-electron chi connectivity index (χ4n) is 8.29. The van der Waals surface area contributed by atoms with Crippen LogP contribution in [0.2, 0.25) is 0 Å². The lowest BCUT2D eigenvalue weighted by Crippen LogP contribution is -2.12. The van der Waals surface area contributed by atoms with Gasteiger partial charge in [-0.2, -0.15) is 0 Å². The normalized spacial score (nSPS) is 12.6. The lowest BCUT2D eigenvalue weighted by molar-refractivity contribution is 0.881. The molecule has 3 nitrogen and oxygen atoms in total. The zero-order chi connectivity index (χ0) is 42.3. The Morgan fingerprint density at radius 3 is 2.13 bits per heavy atom. The predicted molar refractivity (Wildman–Crippen MR) is 263 cm³/mol. The van der Waals surface area contributed by atoms with Gasteiger partial charge < -0.3 is 15.6 Å². The van der Waals surface area contributed by atoms with Crippen LogP contribution in [-0.4, -0.2) is 11.1 Å². The molecule has 1 aromatic heterocycles. The Bertz CT molecular complexity index is 2940. The number of hydrogen-bond acceptors (Lipinski definition) is 2. The molecule has 1 atom stereocenters. The second-order valence-corrected chi connectivity index (χ2v) is 15.8. The molecule has 0 aliphatic heterocycles. The molecule has 8 aromatic rings. The van der Waals surface area contributed by atoms with E-state index in [1.165, 1.54) is 38.6 Å². The van der Waals surface area contributed by atoms with E-state index in [1.807, 2.05) is 30.3 Å². The van der Waals surface area contributed by atoms with Crippen LogP contribution >= 0.6 is 0 Å². The van der Waals surface area contributed by atoms with Gasteiger partial charge in [0.1, 0.15) is 0 Å². The van der Waals surface area contributed by atoms with Crippen molar-refractivity contribution < 1.29 is 0 Å². The maximum absolute atomic E-state index is 7.08. The van der Waals surface area contributed by atoms with Gasteiger partial charge in [-0.25, -0.2) is 0 Å². The molecule has 3 heteroatoms. The highest BCUT2D eigenvalue weighted by atomic mass is 15.0. The third kappa shape index (κ3) is 8.75. The van der Waals surface area contributed by atoms with E-state index < -0.39 is 0 Å². The van der Waals surface area contributed by atoms with E-state index in [-0.39, 0.29) is 6.04 Å². The second-order valence-electron chi connectivity index (χ2n) is 15.8. The van der Waals surface area contributed by atoms with E-state index in [1.54, 1.807) is 0 Å². The Balaban J connectivity index is 1.09. The van der Waals surface area contributed by atoms with Crippen LogP contribution in [0.1, 0.15) is 47.2 Å². The first-order chi connectivity index (χ1) is 29.8. The number of nitrogens with zero attached hydrogens (tertiary/aromatic N) is 1. The molecule has 0 aliphatic carbocycles. The number of nitrogens with one attached hydrogen (secondary N) is 1. The molecule has 1 heterocycles. The number of para-hydroxylation sites is 2. The number of benzene rings is 7. The monoisotopic (exact) mass is 791 g/mol. The van der Waals surface area contributed by atoms with E-state index in [4.69, 9.17) is 5.73 Å². The molecular formula is C58H53N3. The molecule has 0 radical (unpaired) electrons. The van der Waals surface area contributed by atoms with Crippen molar-refractivity contribution in [2.75, 3.05) is 11.9 Å². The Hall–Kier alpha value is -7.20. The van der Waals surface area contributed by atoms with Crippen LogP contribution in [0.4, 0.5) is 5.69 Å². The van der Waals surface area contributed by atoms with Gasteiger partial charge in [-0.05, 0) is 143 Å². The second kappa shape index (κ2) is 18.4. The van der Waals surface area contributed by atoms with E-state index in [0.717, 1.165) is 74.3 Å². The molecular weight excluding hydrogens is 739 g/mol. The van der Waals surface area contributed by atoms with E-state index in [0.29, 0.717) is 0 Å². The van der Waals surface area contributed by atoms with Gasteiger partial charge in [-0.15, -0.1) is 0 Å². The van der Waals surface area contributed by atoms with Crippen LogP contribution in [0.5, 0.6) is 0 Å². The number of fused-ring (bicyclic) bond motifs is 3. The number of allylic oxidation sites excluding steroid dienone is 7. The van der Waals surface area contributed by atoms with Gasteiger partial charge >= 0.3 is 0 Å². The van der Waals surface area contributed by atoms with Gasteiger partial charge in [0, 0.05) is 28.7 Å². The molecule has 0 saturated heterocycles. The van der Waals surface area contributed by atoms with Crippen LogP contribution < -0.4 is 11.1 Å². The Morgan fingerprint density at radius 1 is 0.689 bits per heavy atom. The quantitative estimate of drug-likeness (QED) is 0.0851. The van der Waals surface area contributed by atoms with Crippen molar-refractivity contribution >= 4 is 33.1 Å². The SMILES string of the molecule is C=C/C(=C\C=C(/C)C(=C)/C=C\CCNc1ccccc1)c1ccc(-c2cc(-c3ccc4c(c3)c3c(C(N)c5ccccc5)cccc3n4-c3ccccc3)ccc2C)c(C)c1.